The van der Waals surface area contributed by atoms with Crippen LogP contribution in [-0.2, 0) is 0 Å². The Morgan fingerprint density at radius 1 is 1.73 bits per heavy atom. The molecule has 1 heterocycles. The van der Waals surface area contributed by atoms with Gasteiger partial charge in [-0.3, -0.25) is 4.39 Å². The van der Waals surface area contributed by atoms with Crippen LogP contribution >= 0.6 is 11.5 Å². The summed E-state index contributed by atoms with van der Waals surface area (Å²) in [5.41, 5.74) is 5.37. The third-order valence-electron chi connectivity index (χ3n) is 1.14. The summed E-state index contributed by atoms with van der Waals surface area (Å²) in [7, 11) is 0. The van der Waals surface area contributed by atoms with Crippen molar-refractivity contribution in [2.45, 2.75) is 6.42 Å². The molecule has 0 amide bonds. The minimum Gasteiger partial charge on any atom is -0.383 e. The van der Waals surface area contributed by atoms with E-state index in [0.29, 0.717) is 18.8 Å². The molecule has 3 N–H and O–H groups in total. The minimum absolute atomic E-state index is 0.290. The van der Waals surface area contributed by atoms with Gasteiger partial charge in [0.15, 0.2) is 0 Å². The molecule has 1 aromatic rings. The molecule has 0 aliphatic carbocycles. The number of anilines is 2. The lowest BCUT2D eigenvalue weighted by Gasteiger charge is -1.97. The van der Waals surface area contributed by atoms with Gasteiger partial charge < -0.3 is 11.1 Å². The van der Waals surface area contributed by atoms with E-state index in [1.54, 1.807) is 6.07 Å². The van der Waals surface area contributed by atoms with Crippen molar-refractivity contribution < 1.29 is 4.39 Å². The van der Waals surface area contributed by atoms with E-state index in [0.717, 1.165) is 5.00 Å². The van der Waals surface area contributed by atoms with Gasteiger partial charge in [0.1, 0.15) is 10.8 Å². The van der Waals surface area contributed by atoms with Gasteiger partial charge in [-0.25, -0.2) is 0 Å². The zero-order valence-electron chi connectivity index (χ0n) is 6.01. The van der Waals surface area contributed by atoms with Crippen molar-refractivity contribution >= 4 is 22.4 Å². The molecule has 0 aliphatic heterocycles. The van der Waals surface area contributed by atoms with Gasteiger partial charge in [0.2, 0.25) is 0 Å². The monoisotopic (exact) mass is 175 g/mol. The number of nitrogens with one attached hydrogen (secondary N) is 1. The summed E-state index contributed by atoms with van der Waals surface area (Å²) in [4.78, 5) is 0. The zero-order valence-corrected chi connectivity index (χ0v) is 6.83. The first-order valence-corrected chi connectivity index (χ1v) is 4.12. The highest BCUT2D eigenvalue weighted by molar-refractivity contribution is 7.10. The number of hydrogen-bond acceptors (Lipinski definition) is 4. The fourth-order valence-corrected chi connectivity index (χ4v) is 1.25. The van der Waals surface area contributed by atoms with Gasteiger partial charge in [-0.1, -0.05) is 0 Å². The maximum Gasteiger partial charge on any atom is 0.139 e. The number of rotatable bonds is 4. The van der Waals surface area contributed by atoms with Gasteiger partial charge in [-0.15, -0.1) is 0 Å². The van der Waals surface area contributed by atoms with E-state index < -0.39 is 0 Å². The Morgan fingerprint density at radius 2 is 2.55 bits per heavy atom. The van der Waals surface area contributed by atoms with Gasteiger partial charge in [0.05, 0.1) is 6.67 Å². The van der Waals surface area contributed by atoms with Crippen molar-refractivity contribution in [3.63, 3.8) is 0 Å². The van der Waals surface area contributed by atoms with Crippen LogP contribution in [0.4, 0.5) is 15.2 Å². The summed E-state index contributed by atoms with van der Waals surface area (Å²) in [5.74, 6) is 0.512. The molecule has 1 rings (SSSR count). The lowest BCUT2D eigenvalue weighted by Crippen LogP contribution is -1.99. The quantitative estimate of drug-likeness (QED) is 0.682. The van der Waals surface area contributed by atoms with Crippen LogP contribution in [0.1, 0.15) is 6.42 Å². The van der Waals surface area contributed by atoms with E-state index in [9.17, 15) is 4.39 Å². The number of hydrogen-bond donors (Lipinski definition) is 2. The van der Waals surface area contributed by atoms with Gasteiger partial charge in [0, 0.05) is 12.6 Å². The molecule has 0 unspecified atom stereocenters. The summed E-state index contributed by atoms with van der Waals surface area (Å²) < 4.78 is 15.5. The van der Waals surface area contributed by atoms with Crippen molar-refractivity contribution in [2.75, 3.05) is 24.3 Å². The van der Waals surface area contributed by atoms with E-state index in [-0.39, 0.29) is 6.67 Å². The lowest BCUT2D eigenvalue weighted by atomic mass is 10.4. The molecule has 1 aromatic heterocycles. The molecule has 0 bridgehead atoms. The summed E-state index contributed by atoms with van der Waals surface area (Å²) in [6.07, 6.45) is 0.526. The highest BCUT2D eigenvalue weighted by Gasteiger charge is 1.95. The second-order valence-electron chi connectivity index (χ2n) is 2.09. The molecule has 11 heavy (non-hydrogen) atoms. The molecule has 0 radical (unpaired) electrons. The molecule has 0 atom stereocenters. The maximum absolute atomic E-state index is 11.6. The van der Waals surface area contributed by atoms with Crippen LogP contribution in [0.25, 0.3) is 0 Å². The van der Waals surface area contributed by atoms with Gasteiger partial charge in [-0.2, -0.15) is 4.37 Å². The van der Waals surface area contributed by atoms with Crippen molar-refractivity contribution in [3.05, 3.63) is 6.07 Å². The average Bonchev–Trinajstić information content (AvgIpc) is 2.37. The van der Waals surface area contributed by atoms with Gasteiger partial charge in [-0.05, 0) is 18.0 Å². The standard InChI is InChI=1S/C6H10FN3S/c7-2-1-3-9-6-4-5(8)10-11-6/h4,9H,1-3H2,(H2,8,10). The number of nitrogens with zero attached hydrogens (tertiary/aromatic N) is 1. The Hall–Kier alpha value is -0.840. The fraction of sp³-hybridized carbons (Fsp3) is 0.500. The number of alkyl halides is 1. The van der Waals surface area contributed by atoms with Crippen LogP contribution in [-0.4, -0.2) is 17.6 Å². The van der Waals surface area contributed by atoms with E-state index in [2.05, 4.69) is 9.69 Å². The van der Waals surface area contributed by atoms with Crippen LogP contribution in [0.5, 0.6) is 0 Å². The number of nitrogen functional groups attached to an aromatic ring is 1. The van der Waals surface area contributed by atoms with Crippen LogP contribution < -0.4 is 11.1 Å². The predicted octanol–water partition coefficient (Wildman–Crippen LogP) is 1.50. The first-order chi connectivity index (χ1) is 5.33. The Bertz CT molecular complexity index is 213. The highest BCUT2D eigenvalue weighted by atomic mass is 32.1. The molecule has 0 saturated carbocycles. The minimum atomic E-state index is -0.290. The Morgan fingerprint density at radius 3 is 3.09 bits per heavy atom. The molecule has 3 nitrogen and oxygen atoms in total. The number of halogens is 1. The van der Waals surface area contributed by atoms with E-state index >= 15 is 0 Å². The second kappa shape index (κ2) is 4.12. The third-order valence-corrected chi connectivity index (χ3v) is 1.90. The normalized spacial score (nSPS) is 9.91. The van der Waals surface area contributed by atoms with Crippen molar-refractivity contribution in [1.29, 1.82) is 0 Å². The smallest absolute Gasteiger partial charge is 0.139 e. The first kappa shape index (κ1) is 8.26. The van der Waals surface area contributed by atoms with Crippen LogP contribution in [0.2, 0.25) is 0 Å². The van der Waals surface area contributed by atoms with Gasteiger partial charge in [0.25, 0.3) is 0 Å². The topological polar surface area (TPSA) is 50.9 Å². The van der Waals surface area contributed by atoms with Crippen LogP contribution in [0.3, 0.4) is 0 Å². The van der Waals surface area contributed by atoms with Gasteiger partial charge >= 0.3 is 0 Å². The summed E-state index contributed by atoms with van der Waals surface area (Å²) in [5, 5.41) is 3.90. The molecule has 0 fully saturated rings. The van der Waals surface area contributed by atoms with E-state index in [4.69, 9.17) is 5.73 Å². The summed E-state index contributed by atoms with van der Waals surface area (Å²) in [6.45, 7) is 0.347. The second-order valence-corrected chi connectivity index (χ2v) is 2.89. The molecule has 0 spiro atoms. The largest absolute Gasteiger partial charge is 0.383 e. The molecular formula is C6H10FN3S. The van der Waals surface area contributed by atoms with Crippen molar-refractivity contribution in [2.24, 2.45) is 0 Å². The molecular weight excluding hydrogens is 165 g/mol. The highest BCUT2D eigenvalue weighted by Crippen LogP contribution is 2.16. The first-order valence-electron chi connectivity index (χ1n) is 3.35. The van der Waals surface area contributed by atoms with Crippen molar-refractivity contribution in [1.82, 2.24) is 4.37 Å². The Labute approximate surface area is 68.6 Å². The Kier molecular flexibility index (Phi) is 3.10. The SMILES string of the molecule is Nc1cc(NCCCF)sn1. The summed E-state index contributed by atoms with van der Waals surface area (Å²) in [6, 6.07) is 1.74. The molecule has 62 valence electrons. The predicted molar refractivity (Wildman–Crippen MR) is 45.6 cm³/mol. The summed E-state index contributed by atoms with van der Waals surface area (Å²) >= 11 is 1.29. The van der Waals surface area contributed by atoms with E-state index in [1.165, 1.54) is 11.5 Å². The molecule has 0 aromatic carbocycles. The zero-order chi connectivity index (χ0) is 8.10. The number of nitrogens with two attached hydrogens (primary N) is 1. The van der Waals surface area contributed by atoms with Crippen LogP contribution in [0.15, 0.2) is 6.07 Å². The Balaban J connectivity index is 2.27. The average molecular weight is 175 g/mol. The molecule has 5 heteroatoms. The molecule has 0 saturated heterocycles. The van der Waals surface area contributed by atoms with Crippen molar-refractivity contribution in [3.8, 4) is 0 Å². The molecule has 0 aliphatic rings. The van der Waals surface area contributed by atoms with E-state index in [1.807, 2.05) is 0 Å². The van der Waals surface area contributed by atoms with Crippen LogP contribution in [0, 0.1) is 0 Å². The lowest BCUT2D eigenvalue weighted by molar-refractivity contribution is 0.481. The maximum atomic E-state index is 11.6. The fourth-order valence-electron chi connectivity index (χ4n) is 0.651. The number of aromatic nitrogens is 1. The third kappa shape index (κ3) is 2.71.